The maximum Gasteiger partial charge on any atom is 0.472 e. The number of esters is 2. The number of carbonyl (C=O) groups is 2. The molecule has 0 spiro atoms. The number of unbranched alkanes of at least 4 members (excludes halogenated alkanes) is 22. The maximum atomic E-state index is 12.7. The number of carbonyl (C=O) groups excluding carboxylic acids is 2. The predicted octanol–water partition coefficient (Wildman–Crippen LogP) is 13.3. The molecule has 0 aliphatic rings. The van der Waals surface area contributed by atoms with Crippen molar-refractivity contribution in [3.05, 3.63) is 36.5 Å². The van der Waals surface area contributed by atoms with E-state index in [-0.39, 0.29) is 32.0 Å². The third kappa shape index (κ3) is 43.6. The monoisotopic (exact) mass is 827 g/mol. The Morgan fingerprint density at radius 1 is 0.544 bits per heavy atom. The summed E-state index contributed by atoms with van der Waals surface area (Å²) in [6.45, 7) is 4.38. The first-order valence-electron chi connectivity index (χ1n) is 23.2. The number of phosphoric acid groups is 1. The van der Waals surface area contributed by atoms with Gasteiger partial charge >= 0.3 is 19.8 Å². The van der Waals surface area contributed by atoms with Crippen molar-refractivity contribution in [3.63, 3.8) is 0 Å². The second-order valence-corrected chi connectivity index (χ2v) is 18.2. The summed E-state index contributed by atoms with van der Waals surface area (Å²) >= 11 is 0. The summed E-state index contributed by atoms with van der Waals surface area (Å²) < 4.78 is 34.3. The highest BCUT2D eigenvalue weighted by atomic mass is 31.2. The first kappa shape index (κ1) is 55.2. The van der Waals surface area contributed by atoms with Crippen molar-refractivity contribution in [2.75, 3.05) is 47.5 Å². The summed E-state index contributed by atoms with van der Waals surface area (Å²) in [5, 5.41) is 0. The first-order chi connectivity index (χ1) is 27.5. The van der Waals surface area contributed by atoms with Crippen molar-refractivity contribution in [1.29, 1.82) is 0 Å². The summed E-state index contributed by atoms with van der Waals surface area (Å²) in [7, 11) is 1.47. The summed E-state index contributed by atoms with van der Waals surface area (Å²) in [5.74, 6) is -0.810. The molecule has 1 N–H and O–H groups in total. The van der Waals surface area contributed by atoms with Crippen LogP contribution in [0.15, 0.2) is 36.5 Å². The summed E-state index contributed by atoms with van der Waals surface area (Å²) in [4.78, 5) is 35.4. The van der Waals surface area contributed by atoms with E-state index in [2.05, 4.69) is 50.3 Å². The number of hydrogen-bond acceptors (Lipinski definition) is 7. The largest absolute Gasteiger partial charge is 0.472 e. The summed E-state index contributed by atoms with van der Waals surface area (Å²) in [6, 6.07) is 0. The van der Waals surface area contributed by atoms with Gasteiger partial charge in [-0.15, -0.1) is 0 Å². The lowest BCUT2D eigenvalue weighted by Gasteiger charge is -2.24. The zero-order valence-corrected chi connectivity index (χ0v) is 38.5. The fourth-order valence-electron chi connectivity index (χ4n) is 6.21. The molecule has 0 aromatic carbocycles. The maximum absolute atomic E-state index is 12.7. The van der Waals surface area contributed by atoms with E-state index < -0.39 is 26.5 Å². The van der Waals surface area contributed by atoms with Crippen molar-refractivity contribution in [3.8, 4) is 0 Å². The van der Waals surface area contributed by atoms with E-state index >= 15 is 0 Å². The van der Waals surface area contributed by atoms with Gasteiger partial charge in [0.05, 0.1) is 27.7 Å². The molecule has 9 nitrogen and oxygen atoms in total. The zero-order chi connectivity index (χ0) is 42.1. The van der Waals surface area contributed by atoms with E-state index in [0.29, 0.717) is 17.4 Å². The summed E-state index contributed by atoms with van der Waals surface area (Å²) in [5.41, 5.74) is 0. The van der Waals surface area contributed by atoms with E-state index in [4.69, 9.17) is 18.5 Å². The van der Waals surface area contributed by atoms with E-state index in [1.165, 1.54) is 109 Å². The Morgan fingerprint density at radius 3 is 1.44 bits per heavy atom. The average molecular weight is 827 g/mol. The highest BCUT2D eigenvalue weighted by Gasteiger charge is 2.27. The van der Waals surface area contributed by atoms with Crippen LogP contribution < -0.4 is 0 Å². The standard InChI is InChI=1S/C47H88NO8P/c1-6-8-10-12-14-16-18-20-22-23-24-25-26-28-29-31-33-35-37-39-46(49)53-43-45(44-55-57(51,52)54-42-41-48(3,4)5)56-47(50)40-38-36-34-32-30-27-21-19-17-15-13-11-9-7-2/h14,16,19-22,45H,6-13,15,17-18,23-44H2,1-5H3/p+1/b16-14-,21-19-,22-20-/t45-/m1/s1. The van der Waals surface area contributed by atoms with Gasteiger partial charge in [0.15, 0.2) is 6.10 Å². The first-order valence-corrected chi connectivity index (χ1v) is 24.7. The number of hydrogen-bond donors (Lipinski definition) is 1. The molecule has 0 aromatic heterocycles. The van der Waals surface area contributed by atoms with Crippen molar-refractivity contribution < 1.29 is 42.1 Å². The zero-order valence-electron chi connectivity index (χ0n) is 37.6. The highest BCUT2D eigenvalue weighted by molar-refractivity contribution is 7.47. The van der Waals surface area contributed by atoms with Gasteiger partial charge in [-0.1, -0.05) is 153 Å². The van der Waals surface area contributed by atoms with Crippen LogP contribution in [0.1, 0.15) is 200 Å². The molecule has 0 bridgehead atoms. The number of rotatable bonds is 42. The molecule has 0 rings (SSSR count). The number of phosphoric ester groups is 1. The van der Waals surface area contributed by atoms with Gasteiger partial charge in [-0.3, -0.25) is 18.6 Å². The second kappa shape index (κ2) is 39.7. The van der Waals surface area contributed by atoms with E-state index in [0.717, 1.165) is 57.8 Å². The van der Waals surface area contributed by atoms with Crippen LogP contribution in [0.4, 0.5) is 0 Å². The molecular formula is C47H89NO8P+. The van der Waals surface area contributed by atoms with E-state index in [9.17, 15) is 19.0 Å². The molecule has 334 valence electrons. The molecule has 1 unspecified atom stereocenters. The number of quaternary nitrogens is 1. The molecule has 2 atom stereocenters. The fraction of sp³-hybridized carbons (Fsp3) is 0.830. The second-order valence-electron chi connectivity index (χ2n) is 16.8. The number of ether oxygens (including phenoxy) is 2. The minimum atomic E-state index is -4.38. The molecule has 0 fully saturated rings. The third-order valence-electron chi connectivity index (χ3n) is 9.89. The van der Waals surface area contributed by atoms with E-state index in [1.807, 2.05) is 21.1 Å². The van der Waals surface area contributed by atoms with Gasteiger partial charge in [0.25, 0.3) is 0 Å². The Balaban J connectivity index is 4.31. The van der Waals surface area contributed by atoms with Gasteiger partial charge in [0, 0.05) is 12.8 Å². The topological polar surface area (TPSA) is 108 Å². The average Bonchev–Trinajstić information content (AvgIpc) is 3.16. The number of nitrogens with zero attached hydrogens (tertiary/aromatic N) is 1. The van der Waals surface area contributed by atoms with Crippen molar-refractivity contribution >= 4 is 19.8 Å². The Hall–Kier alpha value is -1.77. The molecule has 0 saturated heterocycles. The van der Waals surface area contributed by atoms with Crippen LogP contribution in [-0.2, 0) is 32.7 Å². The van der Waals surface area contributed by atoms with Gasteiger partial charge < -0.3 is 18.9 Å². The molecule has 57 heavy (non-hydrogen) atoms. The molecule has 0 aliphatic heterocycles. The Labute approximate surface area is 351 Å². The molecule has 0 saturated carbocycles. The number of likely N-dealkylation sites (N-methyl/N-ethyl adjacent to an activating group) is 1. The predicted molar refractivity (Wildman–Crippen MR) is 238 cm³/mol. The van der Waals surface area contributed by atoms with E-state index in [1.54, 1.807) is 0 Å². The van der Waals surface area contributed by atoms with Crippen LogP contribution in [0, 0.1) is 0 Å². The Kier molecular flexibility index (Phi) is 38.4. The van der Waals surface area contributed by atoms with Gasteiger partial charge in [-0.05, 0) is 70.6 Å². The van der Waals surface area contributed by atoms with Gasteiger partial charge in [0.1, 0.15) is 19.8 Å². The quantitative estimate of drug-likeness (QED) is 0.0213. The SMILES string of the molecule is CCCCC/C=C\C/C=C\CCCCCCCCCCCC(=O)OC[C@H](COP(=O)(O)OCC[N+](C)(C)C)OC(=O)CCCCCCC/C=C\CCCCCCC. The molecule has 0 aromatic rings. The lowest BCUT2D eigenvalue weighted by atomic mass is 10.1. The molecule has 0 heterocycles. The number of allylic oxidation sites excluding steroid dienone is 6. The van der Waals surface area contributed by atoms with Crippen LogP contribution in [0.25, 0.3) is 0 Å². The molecular weight excluding hydrogens is 737 g/mol. The summed E-state index contributed by atoms with van der Waals surface area (Å²) in [6.07, 6.45) is 44.7. The van der Waals surface area contributed by atoms with Gasteiger partial charge in [0.2, 0.25) is 0 Å². The smallest absolute Gasteiger partial charge is 0.462 e. The molecule has 0 radical (unpaired) electrons. The van der Waals surface area contributed by atoms with Crippen LogP contribution in [-0.4, -0.2) is 74.9 Å². The lowest BCUT2D eigenvalue weighted by molar-refractivity contribution is -0.870. The van der Waals surface area contributed by atoms with Gasteiger partial charge in [-0.2, -0.15) is 0 Å². The van der Waals surface area contributed by atoms with Crippen LogP contribution in [0.5, 0.6) is 0 Å². The van der Waals surface area contributed by atoms with Crippen LogP contribution >= 0.6 is 7.82 Å². The minimum absolute atomic E-state index is 0.0295. The van der Waals surface area contributed by atoms with Gasteiger partial charge in [-0.25, -0.2) is 4.57 Å². The fourth-order valence-corrected chi connectivity index (χ4v) is 6.96. The van der Waals surface area contributed by atoms with Crippen molar-refractivity contribution in [2.24, 2.45) is 0 Å². The highest BCUT2D eigenvalue weighted by Crippen LogP contribution is 2.43. The van der Waals surface area contributed by atoms with Crippen LogP contribution in [0.3, 0.4) is 0 Å². The van der Waals surface area contributed by atoms with Crippen molar-refractivity contribution in [2.45, 2.75) is 206 Å². The molecule has 10 heteroatoms. The molecule has 0 aliphatic carbocycles. The minimum Gasteiger partial charge on any atom is -0.462 e. The Morgan fingerprint density at radius 2 is 0.947 bits per heavy atom. The van der Waals surface area contributed by atoms with Crippen LogP contribution in [0.2, 0.25) is 0 Å². The molecule has 0 amide bonds. The normalized spacial score (nSPS) is 13.9. The Bertz CT molecular complexity index is 1070. The third-order valence-corrected chi connectivity index (χ3v) is 10.9. The lowest BCUT2D eigenvalue weighted by Crippen LogP contribution is -2.37. The van der Waals surface area contributed by atoms with Crippen molar-refractivity contribution in [1.82, 2.24) is 0 Å².